The van der Waals surface area contributed by atoms with Crippen LogP contribution >= 0.6 is 0 Å². The molecule has 2 saturated carbocycles. The van der Waals surface area contributed by atoms with Gasteiger partial charge in [-0.1, -0.05) is 54.9 Å². The zero-order chi connectivity index (χ0) is 13.0. The molecule has 0 saturated heterocycles. The van der Waals surface area contributed by atoms with Crippen LogP contribution in [-0.4, -0.2) is 0 Å². The lowest BCUT2D eigenvalue weighted by molar-refractivity contribution is -0.0539. The van der Waals surface area contributed by atoms with E-state index in [1.165, 1.54) is 12.8 Å². The van der Waals surface area contributed by atoms with Gasteiger partial charge in [0, 0.05) is 0 Å². The highest BCUT2D eigenvalue weighted by Crippen LogP contribution is 2.65. The lowest BCUT2D eigenvalue weighted by atomic mass is 9.51. The van der Waals surface area contributed by atoms with Gasteiger partial charge in [0.2, 0.25) is 0 Å². The van der Waals surface area contributed by atoms with E-state index in [2.05, 4.69) is 48.5 Å². The molecule has 6 unspecified atom stereocenters. The van der Waals surface area contributed by atoms with Crippen molar-refractivity contribution in [3.63, 3.8) is 0 Å². The van der Waals surface area contributed by atoms with Gasteiger partial charge in [0.1, 0.15) is 0 Å². The average Bonchev–Trinajstić information content (AvgIpc) is 2.84. The first-order chi connectivity index (χ1) is 7.82. The van der Waals surface area contributed by atoms with Crippen molar-refractivity contribution in [2.75, 3.05) is 0 Å². The maximum Gasteiger partial charge on any atom is -0.0289 e. The van der Waals surface area contributed by atoms with Crippen molar-refractivity contribution in [3.8, 4) is 0 Å². The largest absolute Gasteiger partial charge is 0.0651 e. The van der Waals surface area contributed by atoms with Crippen molar-refractivity contribution < 1.29 is 0 Å². The van der Waals surface area contributed by atoms with Crippen LogP contribution in [0.15, 0.2) is 0 Å². The summed E-state index contributed by atoms with van der Waals surface area (Å²) < 4.78 is 0. The Morgan fingerprint density at radius 2 is 1.76 bits per heavy atom. The molecule has 17 heavy (non-hydrogen) atoms. The van der Waals surface area contributed by atoms with Crippen molar-refractivity contribution in [1.82, 2.24) is 0 Å². The summed E-state index contributed by atoms with van der Waals surface area (Å²) in [6.45, 7) is 17.3. The minimum absolute atomic E-state index is 0.585. The highest BCUT2D eigenvalue weighted by molar-refractivity contribution is 5.07. The average molecular weight is 236 g/mol. The van der Waals surface area contributed by atoms with Gasteiger partial charge < -0.3 is 0 Å². The van der Waals surface area contributed by atoms with Crippen LogP contribution in [-0.2, 0) is 0 Å². The zero-order valence-electron chi connectivity index (χ0n) is 13.0. The molecule has 6 atom stereocenters. The maximum atomic E-state index is 2.57. The number of rotatable bonds is 4. The SMILES string of the molecule is CCC1C(C)C1C(C)(C)C1CC(C)C1C(C)C. The third-order valence-electron chi connectivity index (χ3n) is 6.37. The van der Waals surface area contributed by atoms with E-state index in [-0.39, 0.29) is 0 Å². The van der Waals surface area contributed by atoms with Crippen molar-refractivity contribution in [1.29, 1.82) is 0 Å². The third-order valence-corrected chi connectivity index (χ3v) is 6.37. The highest BCUT2D eigenvalue weighted by atomic mass is 14.6. The fraction of sp³-hybridized carbons (Fsp3) is 1.00. The highest BCUT2D eigenvalue weighted by Gasteiger charge is 2.59. The standard InChI is InChI=1S/C17H32/c1-8-13-12(5)16(13)17(6,7)14-9-11(4)15(14)10(2)3/h10-16H,8-9H2,1-7H3. The summed E-state index contributed by atoms with van der Waals surface area (Å²) in [6.07, 6.45) is 2.87. The Hall–Kier alpha value is 0. The first-order valence-corrected chi connectivity index (χ1v) is 7.82. The molecule has 0 aromatic heterocycles. The van der Waals surface area contributed by atoms with Gasteiger partial charge in [-0.3, -0.25) is 0 Å². The van der Waals surface area contributed by atoms with E-state index in [0.29, 0.717) is 5.41 Å². The molecule has 0 heteroatoms. The van der Waals surface area contributed by atoms with Crippen molar-refractivity contribution >= 4 is 0 Å². The van der Waals surface area contributed by atoms with Gasteiger partial charge in [0.05, 0.1) is 0 Å². The second-order valence-corrected chi connectivity index (χ2v) is 7.92. The summed E-state index contributed by atoms with van der Waals surface area (Å²) in [5, 5.41) is 0. The summed E-state index contributed by atoms with van der Waals surface area (Å²) in [6, 6.07) is 0. The Morgan fingerprint density at radius 3 is 2.12 bits per heavy atom. The molecule has 0 radical (unpaired) electrons. The van der Waals surface area contributed by atoms with E-state index in [1.807, 2.05) is 0 Å². The summed E-state index contributed by atoms with van der Waals surface area (Å²) >= 11 is 0. The minimum Gasteiger partial charge on any atom is -0.0651 e. The zero-order valence-corrected chi connectivity index (χ0v) is 13.0. The smallest absolute Gasteiger partial charge is 0.0289 e. The van der Waals surface area contributed by atoms with Crippen LogP contribution in [0.5, 0.6) is 0 Å². The Morgan fingerprint density at radius 1 is 1.18 bits per heavy atom. The van der Waals surface area contributed by atoms with Crippen LogP contribution in [0.3, 0.4) is 0 Å². The third kappa shape index (κ3) is 1.96. The van der Waals surface area contributed by atoms with Gasteiger partial charge in [-0.25, -0.2) is 0 Å². The van der Waals surface area contributed by atoms with Crippen LogP contribution in [0.25, 0.3) is 0 Å². The lowest BCUT2D eigenvalue weighted by Gasteiger charge is -2.54. The topological polar surface area (TPSA) is 0 Å². The molecule has 0 aromatic rings. The molecular weight excluding hydrogens is 204 g/mol. The molecule has 2 aliphatic rings. The summed E-state index contributed by atoms with van der Waals surface area (Å²) in [4.78, 5) is 0. The molecule has 0 aromatic carbocycles. The summed E-state index contributed by atoms with van der Waals surface area (Å²) in [5.41, 5.74) is 0.585. The first kappa shape index (κ1) is 13.4. The molecule has 2 aliphatic carbocycles. The molecule has 0 aliphatic heterocycles. The fourth-order valence-electron chi connectivity index (χ4n) is 5.48. The predicted molar refractivity (Wildman–Crippen MR) is 75.8 cm³/mol. The molecule has 100 valence electrons. The quantitative estimate of drug-likeness (QED) is 0.627. The Balaban J connectivity index is 2.07. The molecule has 0 amide bonds. The Labute approximate surface area is 109 Å². The number of hydrogen-bond acceptors (Lipinski definition) is 0. The molecule has 2 rings (SSSR count). The Kier molecular flexibility index (Phi) is 3.38. The monoisotopic (exact) mass is 236 g/mol. The summed E-state index contributed by atoms with van der Waals surface area (Å²) in [5.74, 6) is 6.82. The van der Waals surface area contributed by atoms with E-state index < -0.39 is 0 Å². The number of hydrogen-bond donors (Lipinski definition) is 0. The van der Waals surface area contributed by atoms with E-state index in [1.54, 1.807) is 0 Å². The molecule has 2 fully saturated rings. The molecule has 0 N–H and O–H groups in total. The first-order valence-electron chi connectivity index (χ1n) is 7.82. The van der Waals surface area contributed by atoms with Crippen LogP contribution in [0, 0.1) is 46.8 Å². The minimum atomic E-state index is 0.585. The van der Waals surface area contributed by atoms with Crippen molar-refractivity contribution in [2.24, 2.45) is 46.8 Å². The van der Waals surface area contributed by atoms with Crippen molar-refractivity contribution in [3.05, 3.63) is 0 Å². The maximum absolute atomic E-state index is 2.57. The predicted octanol–water partition coefficient (Wildman–Crippen LogP) is 5.23. The second-order valence-electron chi connectivity index (χ2n) is 7.92. The van der Waals surface area contributed by atoms with E-state index in [0.717, 1.165) is 41.4 Å². The molecule has 0 bridgehead atoms. The molecular formula is C17H32. The Bertz CT molecular complexity index is 271. The second kappa shape index (κ2) is 4.28. The van der Waals surface area contributed by atoms with E-state index in [4.69, 9.17) is 0 Å². The van der Waals surface area contributed by atoms with Crippen LogP contribution in [0.4, 0.5) is 0 Å². The fourth-order valence-corrected chi connectivity index (χ4v) is 5.48. The molecule has 0 nitrogen and oxygen atoms in total. The normalized spacial score (nSPS) is 45.9. The van der Waals surface area contributed by atoms with Crippen LogP contribution in [0.2, 0.25) is 0 Å². The van der Waals surface area contributed by atoms with Gasteiger partial charge in [-0.05, 0) is 53.3 Å². The molecule has 0 spiro atoms. The van der Waals surface area contributed by atoms with E-state index in [9.17, 15) is 0 Å². The van der Waals surface area contributed by atoms with Gasteiger partial charge in [-0.15, -0.1) is 0 Å². The molecule has 0 heterocycles. The van der Waals surface area contributed by atoms with E-state index >= 15 is 0 Å². The van der Waals surface area contributed by atoms with Crippen LogP contribution < -0.4 is 0 Å². The van der Waals surface area contributed by atoms with Crippen LogP contribution in [0.1, 0.15) is 61.3 Å². The van der Waals surface area contributed by atoms with Gasteiger partial charge in [0.15, 0.2) is 0 Å². The van der Waals surface area contributed by atoms with Gasteiger partial charge in [-0.2, -0.15) is 0 Å². The summed E-state index contributed by atoms with van der Waals surface area (Å²) in [7, 11) is 0. The van der Waals surface area contributed by atoms with Crippen molar-refractivity contribution in [2.45, 2.75) is 61.3 Å². The van der Waals surface area contributed by atoms with Gasteiger partial charge in [0.25, 0.3) is 0 Å². The lowest BCUT2D eigenvalue weighted by Crippen LogP contribution is -2.47. The van der Waals surface area contributed by atoms with Gasteiger partial charge >= 0.3 is 0 Å².